The number of carbonyl (C=O) groups excluding carboxylic acids is 1. The summed E-state index contributed by atoms with van der Waals surface area (Å²) in [5.74, 6) is 1.99. The zero-order valence-corrected chi connectivity index (χ0v) is 12.4. The van der Waals surface area contributed by atoms with Crippen LogP contribution >= 0.6 is 11.8 Å². The van der Waals surface area contributed by atoms with Crippen LogP contribution < -0.4 is 14.8 Å². The fourth-order valence-electron chi connectivity index (χ4n) is 2.15. The maximum atomic E-state index is 12.4. The number of thioether (sulfide) groups is 1. The van der Waals surface area contributed by atoms with E-state index in [2.05, 4.69) is 15.5 Å². The zero-order chi connectivity index (χ0) is 14.8. The number of anilines is 1. The van der Waals surface area contributed by atoms with Crippen LogP contribution in [0.3, 0.4) is 0 Å². The minimum Gasteiger partial charge on any atom is -0.493 e. The molecule has 0 spiro atoms. The number of ether oxygens (including phenoxy) is 2. The Balaban J connectivity index is 1.89. The number of fused-ring (bicyclic) bond motifs is 1. The molecule has 2 heterocycles. The zero-order valence-electron chi connectivity index (χ0n) is 11.6. The summed E-state index contributed by atoms with van der Waals surface area (Å²) in [4.78, 5) is 12.4. The van der Waals surface area contributed by atoms with E-state index in [-0.39, 0.29) is 5.91 Å². The van der Waals surface area contributed by atoms with Gasteiger partial charge in [-0.05, 0) is 12.1 Å². The van der Waals surface area contributed by atoms with Crippen LogP contribution in [0.4, 0.5) is 5.95 Å². The van der Waals surface area contributed by atoms with Crippen molar-refractivity contribution >= 4 is 23.6 Å². The number of carbonyl (C=O) groups is 1. The lowest BCUT2D eigenvalue weighted by molar-refractivity contribution is 0.102. The topological polar surface area (TPSA) is 78.3 Å². The first-order valence-electron chi connectivity index (χ1n) is 6.33. The molecule has 3 rings (SSSR count). The van der Waals surface area contributed by atoms with Crippen molar-refractivity contribution in [2.75, 3.05) is 25.3 Å². The summed E-state index contributed by atoms with van der Waals surface area (Å²) in [6, 6.07) is 5.15. The Bertz CT molecular complexity index is 686. The molecular weight excluding hydrogens is 292 g/mol. The Morgan fingerprint density at radius 1 is 1.33 bits per heavy atom. The second kappa shape index (κ2) is 5.65. The summed E-state index contributed by atoms with van der Waals surface area (Å²) in [5, 5.41) is 11.6. The molecule has 1 N–H and O–H groups in total. The van der Waals surface area contributed by atoms with Gasteiger partial charge in [-0.25, -0.2) is 0 Å². The molecule has 0 fully saturated rings. The molecule has 7 nitrogen and oxygen atoms in total. The number of nitrogens with zero attached hydrogens (tertiary/aromatic N) is 3. The molecule has 2 aromatic rings. The normalized spacial score (nSPS) is 12.9. The second-order valence-electron chi connectivity index (χ2n) is 4.30. The summed E-state index contributed by atoms with van der Waals surface area (Å²) in [7, 11) is 3.03. The fraction of sp³-hybridized carbons (Fsp3) is 0.308. The highest BCUT2D eigenvalue weighted by molar-refractivity contribution is 7.99. The van der Waals surface area contributed by atoms with Gasteiger partial charge in [-0.3, -0.25) is 14.7 Å². The van der Waals surface area contributed by atoms with E-state index in [1.165, 1.54) is 14.2 Å². The van der Waals surface area contributed by atoms with Gasteiger partial charge in [0, 0.05) is 12.3 Å². The molecule has 1 amide bonds. The number of benzene rings is 1. The molecule has 0 aliphatic carbocycles. The molecule has 0 atom stereocenters. The lowest BCUT2D eigenvalue weighted by Crippen LogP contribution is -2.17. The number of hydrogen-bond acceptors (Lipinski definition) is 6. The molecule has 0 bridgehead atoms. The van der Waals surface area contributed by atoms with Crippen molar-refractivity contribution in [2.24, 2.45) is 0 Å². The van der Waals surface area contributed by atoms with Crippen LogP contribution in [-0.4, -0.2) is 40.6 Å². The summed E-state index contributed by atoms with van der Waals surface area (Å²) < 4.78 is 12.3. The summed E-state index contributed by atoms with van der Waals surface area (Å²) in [6.45, 7) is 0.790. The largest absolute Gasteiger partial charge is 0.493 e. The molecular formula is C13H14N4O3S. The number of aromatic nitrogens is 3. The smallest absolute Gasteiger partial charge is 0.261 e. The van der Waals surface area contributed by atoms with E-state index >= 15 is 0 Å². The molecule has 1 aromatic heterocycles. The first kappa shape index (κ1) is 13.7. The molecule has 1 aromatic carbocycles. The first-order valence-corrected chi connectivity index (χ1v) is 7.31. The van der Waals surface area contributed by atoms with Crippen molar-refractivity contribution in [3.8, 4) is 11.5 Å². The van der Waals surface area contributed by atoms with Crippen molar-refractivity contribution in [1.29, 1.82) is 0 Å². The minimum atomic E-state index is -0.308. The Kier molecular flexibility index (Phi) is 3.70. The highest BCUT2D eigenvalue weighted by Gasteiger charge is 2.22. The van der Waals surface area contributed by atoms with Crippen molar-refractivity contribution in [2.45, 2.75) is 11.7 Å². The third-order valence-electron chi connectivity index (χ3n) is 3.14. The van der Waals surface area contributed by atoms with Gasteiger partial charge < -0.3 is 9.47 Å². The number of hydrogen-bond donors (Lipinski definition) is 1. The Morgan fingerprint density at radius 3 is 2.95 bits per heavy atom. The van der Waals surface area contributed by atoms with Crippen molar-refractivity contribution in [3.63, 3.8) is 0 Å². The van der Waals surface area contributed by atoms with Gasteiger partial charge in [-0.15, -0.1) is 10.2 Å². The van der Waals surface area contributed by atoms with E-state index in [4.69, 9.17) is 9.47 Å². The van der Waals surface area contributed by atoms with Crippen molar-refractivity contribution < 1.29 is 14.3 Å². The predicted octanol–water partition coefficient (Wildman–Crippen LogP) is 1.65. The third kappa shape index (κ3) is 2.42. The monoisotopic (exact) mass is 306 g/mol. The van der Waals surface area contributed by atoms with Crippen molar-refractivity contribution in [3.05, 3.63) is 23.8 Å². The Morgan fingerprint density at radius 2 is 2.19 bits per heavy atom. The molecule has 0 saturated heterocycles. The van der Waals surface area contributed by atoms with E-state index in [1.54, 1.807) is 30.0 Å². The van der Waals surface area contributed by atoms with Gasteiger partial charge in [0.15, 0.2) is 16.7 Å². The molecule has 110 valence electrons. The maximum Gasteiger partial charge on any atom is 0.261 e. The first-order chi connectivity index (χ1) is 10.2. The van der Waals surface area contributed by atoms with Gasteiger partial charge in [0.25, 0.3) is 5.91 Å². The Labute approximate surface area is 125 Å². The maximum absolute atomic E-state index is 12.4. The standard InChI is InChI=1S/C13H14N4O3S/c1-19-9-5-3-4-8(10(9)20-2)11(18)14-12-15-16-13-17(12)6-7-21-13/h3-5H,6-7H2,1-2H3,(H,14,15,18). The van der Waals surface area contributed by atoms with Crippen LogP contribution in [0.1, 0.15) is 10.4 Å². The fourth-order valence-corrected chi connectivity index (χ4v) is 3.04. The van der Waals surface area contributed by atoms with E-state index in [9.17, 15) is 4.79 Å². The van der Waals surface area contributed by atoms with Gasteiger partial charge in [0.05, 0.1) is 19.8 Å². The lowest BCUT2D eigenvalue weighted by atomic mass is 10.1. The van der Waals surface area contributed by atoms with Crippen LogP contribution in [-0.2, 0) is 6.54 Å². The van der Waals surface area contributed by atoms with Crippen LogP contribution in [0, 0.1) is 0 Å². The average Bonchev–Trinajstić information content (AvgIpc) is 3.11. The number of para-hydroxylation sites is 1. The Hall–Kier alpha value is -2.22. The van der Waals surface area contributed by atoms with Crippen LogP contribution in [0.2, 0.25) is 0 Å². The highest BCUT2D eigenvalue weighted by Crippen LogP contribution is 2.31. The number of methoxy groups -OCH3 is 2. The molecule has 0 radical (unpaired) electrons. The predicted molar refractivity (Wildman–Crippen MR) is 78.2 cm³/mol. The lowest BCUT2D eigenvalue weighted by Gasteiger charge is -2.12. The quantitative estimate of drug-likeness (QED) is 0.925. The van der Waals surface area contributed by atoms with E-state index in [0.717, 1.165) is 17.5 Å². The van der Waals surface area contributed by atoms with E-state index in [1.807, 2.05) is 4.57 Å². The summed E-state index contributed by atoms with van der Waals surface area (Å²) >= 11 is 1.62. The van der Waals surface area contributed by atoms with Crippen LogP contribution in [0.15, 0.2) is 23.4 Å². The van der Waals surface area contributed by atoms with Crippen molar-refractivity contribution in [1.82, 2.24) is 14.8 Å². The van der Waals surface area contributed by atoms with Gasteiger partial charge in [0.2, 0.25) is 5.95 Å². The van der Waals surface area contributed by atoms with E-state index in [0.29, 0.717) is 23.0 Å². The van der Waals surface area contributed by atoms with Gasteiger partial charge in [-0.2, -0.15) is 0 Å². The summed E-state index contributed by atoms with van der Waals surface area (Å²) in [6.07, 6.45) is 0. The summed E-state index contributed by atoms with van der Waals surface area (Å²) in [5.41, 5.74) is 0.389. The average molecular weight is 306 g/mol. The number of nitrogens with one attached hydrogen (secondary N) is 1. The van der Waals surface area contributed by atoms with Crippen LogP contribution in [0.5, 0.6) is 11.5 Å². The van der Waals surface area contributed by atoms with Gasteiger partial charge >= 0.3 is 0 Å². The van der Waals surface area contributed by atoms with Gasteiger partial charge in [-0.1, -0.05) is 17.8 Å². The molecule has 8 heteroatoms. The molecule has 1 aliphatic heterocycles. The number of amides is 1. The SMILES string of the molecule is COc1cccc(C(=O)Nc2nnc3n2CCS3)c1OC. The van der Waals surface area contributed by atoms with Gasteiger partial charge in [0.1, 0.15) is 0 Å². The number of rotatable bonds is 4. The third-order valence-corrected chi connectivity index (χ3v) is 4.08. The minimum absolute atomic E-state index is 0.308. The molecule has 1 aliphatic rings. The molecule has 0 unspecified atom stereocenters. The highest BCUT2D eigenvalue weighted by atomic mass is 32.2. The molecule has 21 heavy (non-hydrogen) atoms. The van der Waals surface area contributed by atoms with Crippen LogP contribution in [0.25, 0.3) is 0 Å². The molecule has 0 saturated carbocycles. The van der Waals surface area contributed by atoms with E-state index < -0.39 is 0 Å². The second-order valence-corrected chi connectivity index (χ2v) is 5.36.